The van der Waals surface area contributed by atoms with Crippen molar-refractivity contribution in [2.24, 2.45) is 0 Å². The van der Waals surface area contributed by atoms with E-state index in [9.17, 15) is 18.0 Å². The highest BCUT2D eigenvalue weighted by molar-refractivity contribution is 7.89. The molecule has 0 radical (unpaired) electrons. The normalized spacial score (nSPS) is 17.5. The molecule has 1 atom stereocenters. The molecule has 1 saturated heterocycles. The summed E-state index contributed by atoms with van der Waals surface area (Å²) in [6.07, 6.45) is 2.53. The van der Waals surface area contributed by atoms with Crippen molar-refractivity contribution in [2.75, 3.05) is 33.9 Å². The van der Waals surface area contributed by atoms with Crippen LogP contribution in [0.3, 0.4) is 0 Å². The van der Waals surface area contributed by atoms with Crippen molar-refractivity contribution in [1.29, 1.82) is 0 Å². The minimum absolute atomic E-state index is 0.103. The lowest BCUT2D eigenvalue weighted by molar-refractivity contribution is -0.134. The van der Waals surface area contributed by atoms with Gasteiger partial charge in [-0.05, 0) is 37.0 Å². The zero-order chi connectivity index (χ0) is 24.6. The molecular weight excluding hydrogens is 458 g/mol. The molecule has 2 N–H and O–H groups in total. The molecule has 1 aliphatic rings. The maximum absolute atomic E-state index is 13.3. The average Bonchev–Trinajstić information content (AvgIpc) is 2.86. The number of amides is 2. The molecule has 0 saturated carbocycles. The van der Waals surface area contributed by atoms with Gasteiger partial charge in [0.25, 0.3) is 0 Å². The Hall–Kier alpha value is -3.11. The van der Waals surface area contributed by atoms with Gasteiger partial charge in [-0.3, -0.25) is 9.59 Å². The number of benzene rings is 2. The number of carbonyl (C=O) groups is 2. The summed E-state index contributed by atoms with van der Waals surface area (Å²) in [5.74, 6) is -0.0692. The number of ether oxygens (including phenoxy) is 2. The Morgan fingerprint density at radius 1 is 1.09 bits per heavy atom. The van der Waals surface area contributed by atoms with Crippen LogP contribution in [0.5, 0.6) is 11.5 Å². The van der Waals surface area contributed by atoms with Crippen molar-refractivity contribution < 1.29 is 27.5 Å². The van der Waals surface area contributed by atoms with E-state index < -0.39 is 28.5 Å². The van der Waals surface area contributed by atoms with Crippen molar-refractivity contribution in [3.05, 3.63) is 54.1 Å². The summed E-state index contributed by atoms with van der Waals surface area (Å²) in [5, 5.41) is 2.90. The minimum Gasteiger partial charge on any atom is -0.497 e. The highest BCUT2D eigenvalue weighted by Crippen LogP contribution is 2.29. The van der Waals surface area contributed by atoms with Gasteiger partial charge in [0.1, 0.15) is 16.4 Å². The predicted octanol–water partition coefficient (Wildman–Crippen LogP) is 2.24. The Kier molecular flexibility index (Phi) is 8.89. The molecule has 0 aromatic heterocycles. The molecule has 1 aliphatic heterocycles. The second kappa shape index (κ2) is 11.8. The van der Waals surface area contributed by atoms with Gasteiger partial charge >= 0.3 is 0 Å². The summed E-state index contributed by atoms with van der Waals surface area (Å²) in [6.45, 7) is 0.583. The highest BCUT2D eigenvalue weighted by atomic mass is 32.2. The topological polar surface area (TPSA) is 114 Å². The molecule has 0 aliphatic carbocycles. The van der Waals surface area contributed by atoms with Gasteiger partial charge in [0, 0.05) is 19.2 Å². The molecule has 0 bridgehead atoms. The number of carbonyl (C=O) groups excluding carboxylic acids is 2. The van der Waals surface area contributed by atoms with Gasteiger partial charge < -0.3 is 19.7 Å². The molecule has 10 heteroatoms. The lowest BCUT2D eigenvalue weighted by atomic mass is 10.00. The molecule has 184 valence electrons. The number of sulfonamides is 1. The standard InChI is InChI=1S/C24H31N3O6S/c1-32-19-11-12-21(33-2)22(15-19)34(30,31)26-17-24(29)27-14-8-4-7-13-25-23(28)16-20(27)18-9-5-3-6-10-18/h3,5-6,9-12,15,20,26H,4,7-8,13-14,16-17H2,1-2H3,(H,25,28). The van der Waals surface area contributed by atoms with Crippen LogP contribution in [0.15, 0.2) is 53.4 Å². The molecule has 2 aromatic carbocycles. The number of hydrogen-bond acceptors (Lipinski definition) is 6. The summed E-state index contributed by atoms with van der Waals surface area (Å²) < 4.78 is 38.7. The van der Waals surface area contributed by atoms with E-state index in [1.807, 2.05) is 30.3 Å². The van der Waals surface area contributed by atoms with Crippen LogP contribution in [-0.2, 0) is 19.6 Å². The number of nitrogens with one attached hydrogen (secondary N) is 2. The molecule has 34 heavy (non-hydrogen) atoms. The molecule has 2 aromatic rings. The maximum Gasteiger partial charge on any atom is 0.244 e. The molecule has 2 amide bonds. The fourth-order valence-electron chi connectivity index (χ4n) is 3.93. The number of hydrogen-bond donors (Lipinski definition) is 2. The average molecular weight is 490 g/mol. The number of methoxy groups -OCH3 is 2. The largest absolute Gasteiger partial charge is 0.497 e. The minimum atomic E-state index is -4.07. The second-order valence-corrected chi connectivity index (χ2v) is 9.71. The lowest BCUT2D eigenvalue weighted by Crippen LogP contribution is -2.44. The SMILES string of the molecule is COc1ccc(OC)c(S(=O)(=O)NCC(=O)N2CCCCCNC(=O)CC2c2ccccc2)c1. The quantitative estimate of drug-likeness (QED) is 0.617. The fourth-order valence-corrected chi connectivity index (χ4v) is 5.08. The predicted molar refractivity (Wildman–Crippen MR) is 127 cm³/mol. The Morgan fingerprint density at radius 2 is 1.85 bits per heavy atom. The number of rotatable bonds is 7. The van der Waals surface area contributed by atoms with Crippen LogP contribution in [0.4, 0.5) is 0 Å². The van der Waals surface area contributed by atoms with Crippen LogP contribution in [0.2, 0.25) is 0 Å². The molecular formula is C24H31N3O6S. The lowest BCUT2D eigenvalue weighted by Gasteiger charge is -2.33. The van der Waals surface area contributed by atoms with Gasteiger partial charge in [0.05, 0.1) is 33.2 Å². The number of nitrogens with zero attached hydrogens (tertiary/aromatic N) is 1. The first-order chi connectivity index (χ1) is 16.4. The third-order valence-electron chi connectivity index (χ3n) is 5.73. The summed E-state index contributed by atoms with van der Waals surface area (Å²) in [5.41, 5.74) is 0.823. The summed E-state index contributed by atoms with van der Waals surface area (Å²) in [4.78, 5) is 27.3. The summed E-state index contributed by atoms with van der Waals surface area (Å²) >= 11 is 0. The Morgan fingerprint density at radius 3 is 2.56 bits per heavy atom. The first kappa shape index (κ1) is 25.5. The van der Waals surface area contributed by atoms with Crippen LogP contribution < -0.4 is 19.5 Å². The van der Waals surface area contributed by atoms with Gasteiger partial charge in [-0.25, -0.2) is 13.1 Å². The van der Waals surface area contributed by atoms with Crippen LogP contribution >= 0.6 is 0 Å². The van der Waals surface area contributed by atoms with Crippen LogP contribution in [0.1, 0.15) is 37.3 Å². The zero-order valence-electron chi connectivity index (χ0n) is 19.5. The van der Waals surface area contributed by atoms with Crippen molar-refractivity contribution in [3.63, 3.8) is 0 Å². The molecule has 1 heterocycles. The van der Waals surface area contributed by atoms with Gasteiger partial charge in [0.2, 0.25) is 21.8 Å². The van der Waals surface area contributed by atoms with Gasteiger partial charge in [-0.1, -0.05) is 30.3 Å². The first-order valence-electron chi connectivity index (χ1n) is 11.2. The highest BCUT2D eigenvalue weighted by Gasteiger charge is 2.29. The van der Waals surface area contributed by atoms with Crippen LogP contribution in [-0.4, -0.2) is 59.0 Å². The molecule has 3 rings (SSSR count). The van der Waals surface area contributed by atoms with Gasteiger partial charge in [-0.15, -0.1) is 0 Å². The third kappa shape index (κ3) is 6.48. The van der Waals surface area contributed by atoms with E-state index in [0.29, 0.717) is 18.8 Å². The first-order valence-corrected chi connectivity index (χ1v) is 12.7. The fraction of sp³-hybridized carbons (Fsp3) is 0.417. The third-order valence-corrected chi connectivity index (χ3v) is 7.15. The van der Waals surface area contributed by atoms with E-state index in [4.69, 9.17) is 9.47 Å². The van der Waals surface area contributed by atoms with E-state index in [1.54, 1.807) is 11.0 Å². The molecule has 0 spiro atoms. The summed E-state index contributed by atoms with van der Waals surface area (Å²) in [7, 11) is -1.27. The second-order valence-electron chi connectivity index (χ2n) is 7.97. The van der Waals surface area contributed by atoms with E-state index in [0.717, 1.165) is 24.8 Å². The van der Waals surface area contributed by atoms with Crippen molar-refractivity contribution >= 4 is 21.8 Å². The van der Waals surface area contributed by atoms with E-state index in [-0.39, 0.29) is 23.0 Å². The smallest absolute Gasteiger partial charge is 0.244 e. The van der Waals surface area contributed by atoms with E-state index in [1.165, 1.54) is 26.4 Å². The van der Waals surface area contributed by atoms with Crippen LogP contribution in [0, 0.1) is 0 Å². The Labute approximate surface area is 200 Å². The van der Waals surface area contributed by atoms with Crippen LogP contribution in [0.25, 0.3) is 0 Å². The molecule has 1 fully saturated rings. The van der Waals surface area contributed by atoms with Crippen molar-refractivity contribution in [2.45, 2.75) is 36.6 Å². The van der Waals surface area contributed by atoms with Gasteiger partial charge in [-0.2, -0.15) is 0 Å². The monoisotopic (exact) mass is 489 g/mol. The summed E-state index contributed by atoms with van der Waals surface area (Å²) in [6, 6.07) is 13.2. The van der Waals surface area contributed by atoms with E-state index >= 15 is 0 Å². The van der Waals surface area contributed by atoms with Crippen molar-refractivity contribution in [1.82, 2.24) is 14.9 Å². The zero-order valence-corrected chi connectivity index (χ0v) is 20.3. The maximum atomic E-state index is 13.3. The van der Waals surface area contributed by atoms with E-state index in [2.05, 4.69) is 10.0 Å². The van der Waals surface area contributed by atoms with Gasteiger partial charge in [0.15, 0.2) is 0 Å². The Balaban J connectivity index is 1.84. The Bertz CT molecular complexity index is 1090. The van der Waals surface area contributed by atoms with Crippen molar-refractivity contribution in [3.8, 4) is 11.5 Å². The molecule has 9 nitrogen and oxygen atoms in total. The molecule has 1 unspecified atom stereocenters.